The molecular weight excluding hydrogens is 140 g/mol. The Morgan fingerprint density at radius 3 is 3.00 bits per heavy atom. The first-order chi connectivity index (χ1) is 5.47. The Hall–Kier alpha value is -1.58. The van der Waals surface area contributed by atoms with Gasteiger partial charge in [-0.05, 0) is 11.3 Å². The van der Waals surface area contributed by atoms with Gasteiger partial charge in [-0.25, -0.2) is 0 Å². The van der Waals surface area contributed by atoms with Gasteiger partial charge in [0, 0.05) is 18.0 Å². The molecule has 0 bridgehead atoms. The van der Waals surface area contributed by atoms with Crippen molar-refractivity contribution in [3.05, 3.63) is 30.1 Å². The van der Waals surface area contributed by atoms with Gasteiger partial charge in [0.2, 0.25) is 0 Å². The Balaban J connectivity index is 2.30. The maximum Gasteiger partial charge on any atom is 0.136 e. The van der Waals surface area contributed by atoms with Gasteiger partial charge in [0.15, 0.2) is 0 Å². The molecule has 11 heavy (non-hydrogen) atoms. The molecule has 2 rings (SSSR count). The van der Waals surface area contributed by atoms with E-state index in [0.717, 1.165) is 5.56 Å². The van der Waals surface area contributed by atoms with Crippen molar-refractivity contribution in [3.63, 3.8) is 0 Å². The highest BCUT2D eigenvalue weighted by Crippen LogP contribution is 2.17. The minimum absolute atomic E-state index is 0.0244. The molecule has 4 heteroatoms. The van der Waals surface area contributed by atoms with Crippen molar-refractivity contribution in [2.24, 2.45) is 15.4 Å². The van der Waals surface area contributed by atoms with E-state index in [0.29, 0.717) is 0 Å². The van der Waals surface area contributed by atoms with Crippen molar-refractivity contribution >= 4 is 6.21 Å². The molecule has 0 N–H and O–H groups in total. The molecule has 4 nitrogen and oxygen atoms in total. The molecule has 1 aromatic heterocycles. The Kier molecular flexibility index (Phi) is 1.44. The monoisotopic (exact) mass is 146 g/mol. The summed E-state index contributed by atoms with van der Waals surface area (Å²) >= 11 is 0. The van der Waals surface area contributed by atoms with E-state index in [2.05, 4.69) is 20.4 Å². The predicted molar refractivity (Wildman–Crippen MR) is 40.3 cm³/mol. The van der Waals surface area contributed by atoms with Gasteiger partial charge in [0.05, 0.1) is 6.21 Å². The number of nitrogens with zero attached hydrogens (tertiary/aromatic N) is 4. The van der Waals surface area contributed by atoms with Crippen LogP contribution in [0.4, 0.5) is 0 Å². The van der Waals surface area contributed by atoms with Crippen molar-refractivity contribution in [1.29, 1.82) is 0 Å². The lowest BCUT2D eigenvalue weighted by molar-refractivity contribution is 0.900. The van der Waals surface area contributed by atoms with Crippen LogP contribution in [0.15, 0.2) is 40.0 Å². The molecule has 0 spiro atoms. The lowest BCUT2D eigenvalue weighted by atomic mass is 10.1. The topological polar surface area (TPSA) is 50.0 Å². The van der Waals surface area contributed by atoms with Crippen LogP contribution in [0, 0.1) is 0 Å². The quantitative estimate of drug-likeness (QED) is 0.593. The summed E-state index contributed by atoms with van der Waals surface area (Å²) in [7, 11) is 0. The first-order valence-corrected chi connectivity index (χ1v) is 3.30. The van der Waals surface area contributed by atoms with E-state index in [-0.39, 0.29) is 6.04 Å². The van der Waals surface area contributed by atoms with Crippen molar-refractivity contribution in [2.75, 3.05) is 0 Å². The summed E-state index contributed by atoms with van der Waals surface area (Å²) < 4.78 is 0. The van der Waals surface area contributed by atoms with E-state index >= 15 is 0 Å². The first kappa shape index (κ1) is 6.15. The molecule has 0 saturated carbocycles. The van der Waals surface area contributed by atoms with Crippen LogP contribution in [-0.2, 0) is 0 Å². The van der Waals surface area contributed by atoms with Gasteiger partial charge in [-0.1, -0.05) is 6.07 Å². The smallest absolute Gasteiger partial charge is 0.136 e. The normalized spacial score (nSPS) is 20.9. The average molecular weight is 146 g/mol. The molecule has 54 valence electrons. The van der Waals surface area contributed by atoms with E-state index in [1.807, 2.05) is 12.1 Å². The van der Waals surface area contributed by atoms with Crippen molar-refractivity contribution < 1.29 is 0 Å². The standard InChI is InChI=1S/C7H6N4/c1-2-6(4-8-3-1)7-5-9-11-10-7/h1-5,7H. The van der Waals surface area contributed by atoms with Crippen LogP contribution in [0.25, 0.3) is 0 Å². The van der Waals surface area contributed by atoms with E-state index < -0.39 is 0 Å². The molecule has 1 aliphatic rings. The Bertz CT molecular complexity index is 279. The van der Waals surface area contributed by atoms with E-state index in [4.69, 9.17) is 0 Å². The summed E-state index contributed by atoms with van der Waals surface area (Å²) in [6.07, 6.45) is 5.19. The van der Waals surface area contributed by atoms with Crippen LogP contribution >= 0.6 is 0 Å². The molecule has 0 fully saturated rings. The zero-order chi connectivity index (χ0) is 7.52. The van der Waals surface area contributed by atoms with E-state index in [1.54, 1.807) is 18.6 Å². The zero-order valence-corrected chi connectivity index (χ0v) is 5.75. The maximum absolute atomic E-state index is 3.97. The average Bonchev–Trinajstić information content (AvgIpc) is 2.58. The van der Waals surface area contributed by atoms with Gasteiger partial charge in [-0.15, -0.1) is 5.10 Å². The SMILES string of the molecule is C1=NN=NC1c1cccnc1. The van der Waals surface area contributed by atoms with Gasteiger partial charge in [0.25, 0.3) is 0 Å². The van der Waals surface area contributed by atoms with E-state index in [1.165, 1.54) is 0 Å². The third kappa shape index (κ3) is 1.14. The molecule has 0 radical (unpaired) electrons. The largest absolute Gasteiger partial charge is 0.264 e. The second kappa shape index (κ2) is 2.57. The summed E-state index contributed by atoms with van der Waals surface area (Å²) in [6.45, 7) is 0. The predicted octanol–water partition coefficient (Wildman–Crippen LogP) is 1.57. The van der Waals surface area contributed by atoms with Gasteiger partial charge in [-0.3, -0.25) is 4.98 Å². The lowest BCUT2D eigenvalue weighted by Crippen LogP contribution is -1.92. The fourth-order valence-corrected chi connectivity index (χ4v) is 0.912. The molecule has 1 atom stereocenters. The zero-order valence-electron chi connectivity index (χ0n) is 5.75. The fraction of sp³-hybridized carbons (Fsp3) is 0.143. The number of pyridine rings is 1. The highest BCUT2D eigenvalue weighted by atomic mass is 15.4. The fourth-order valence-electron chi connectivity index (χ4n) is 0.912. The Morgan fingerprint density at radius 1 is 1.36 bits per heavy atom. The first-order valence-electron chi connectivity index (χ1n) is 3.30. The van der Waals surface area contributed by atoms with Gasteiger partial charge in [-0.2, -0.15) is 5.11 Å². The van der Waals surface area contributed by atoms with Crippen LogP contribution in [0.3, 0.4) is 0 Å². The van der Waals surface area contributed by atoms with Crippen LogP contribution in [0.5, 0.6) is 0 Å². The molecule has 1 aromatic rings. The van der Waals surface area contributed by atoms with Crippen molar-refractivity contribution in [2.45, 2.75) is 6.04 Å². The van der Waals surface area contributed by atoms with Crippen LogP contribution < -0.4 is 0 Å². The van der Waals surface area contributed by atoms with E-state index in [9.17, 15) is 0 Å². The molecule has 1 aliphatic heterocycles. The molecule has 0 saturated heterocycles. The third-order valence-electron chi connectivity index (χ3n) is 1.46. The van der Waals surface area contributed by atoms with Crippen LogP contribution in [-0.4, -0.2) is 11.2 Å². The molecule has 0 aliphatic carbocycles. The maximum atomic E-state index is 3.97. The van der Waals surface area contributed by atoms with Gasteiger partial charge in [0.1, 0.15) is 6.04 Å². The molecule has 1 unspecified atom stereocenters. The van der Waals surface area contributed by atoms with Gasteiger partial charge >= 0.3 is 0 Å². The summed E-state index contributed by atoms with van der Waals surface area (Å²) in [5, 5.41) is 11.0. The number of hydrogen-bond acceptors (Lipinski definition) is 4. The van der Waals surface area contributed by atoms with Crippen LogP contribution in [0.2, 0.25) is 0 Å². The third-order valence-corrected chi connectivity index (χ3v) is 1.46. The van der Waals surface area contributed by atoms with Crippen molar-refractivity contribution in [3.8, 4) is 0 Å². The Morgan fingerprint density at radius 2 is 2.36 bits per heavy atom. The summed E-state index contributed by atoms with van der Waals surface area (Å²) in [6, 6.07) is 3.80. The number of rotatable bonds is 1. The summed E-state index contributed by atoms with van der Waals surface area (Å²) in [4.78, 5) is 3.97. The number of hydrogen-bond donors (Lipinski definition) is 0. The Labute approximate surface area is 63.7 Å². The number of aromatic nitrogens is 1. The summed E-state index contributed by atoms with van der Waals surface area (Å²) in [5.41, 5.74) is 1.03. The summed E-state index contributed by atoms with van der Waals surface area (Å²) in [5.74, 6) is 0. The highest BCUT2D eigenvalue weighted by molar-refractivity contribution is 5.67. The molecule has 0 aromatic carbocycles. The minimum atomic E-state index is -0.0244. The molecule has 0 amide bonds. The lowest BCUT2D eigenvalue weighted by Gasteiger charge is -1.98. The van der Waals surface area contributed by atoms with Crippen LogP contribution in [0.1, 0.15) is 11.6 Å². The second-order valence-electron chi connectivity index (χ2n) is 2.20. The van der Waals surface area contributed by atoms with Crippen molar-refractivity contribution in [1.82, 2.24) is 4.98 Å². The van der Waals surface area contributed by atoms with Gasteiger partial charge < -0.3 is 0 Å². The molecule has 2 heterocycles. The minimum Gasteiger partial charge on any atom is -0.264 e. The molecular formula is C7H6N4. The highest BCUT2D eigenvalue weighted by Gasteiger charge is 2.09. The second-order valence-corrected chi connectivity index (χ2v) is 2.20.